The second kappa shape index (κ2) is 13.3. The number of nitrogen functional groups attached to an aromatic ring is 1. The van der Waals surface area contributed by atoms with Gasteiger partial charge in [-0.25, -0.2) is 18.4 Å². The van der Waals surface area contributed by atoms with E-state index in [1.807, 2.05) is 0 Å². The maximum Gasteiger partial charge on any atom is 0.351 e. The topological polar surface area (TPSA) is 224 Å². The van der Waals surface area contributed by atoms with Gasteiger partial charge in [-0.05, 0) is 52.0 Å². The van der Waals surface area contributed by atoms with Crippen LogP contribution in [0.25, 0.3) is 0 Å². The maximum atomic E-state index is 14.9. The van der Waals surface area contributed by atoms with E-state index >= 15 is 0 Å². The first-order chi connectivity index (χ1) is 21.5. The van der Waals surface area contributed by atoms with Gasteiger partial charge in [0.25, 0.3) is 5.91 Å². The fourth-order valence-electron chi connectivity index (χ4n) is 5.12. The molecule has 7 N–H and O–H groups in total. The molecule has 5 rings (SSSR count). The first-order valence-electron chi connectivity index (χ1n) is 14.2. The Balaban J connectivity index is 0.000000222. The normalized spacial score (nSPS) is 31.9. The number of carbonyl (C=O) groups excluding carboxylic acids is 1. The minimum absolute atomic E-state index is 0.00344. The third-order valence-electron chi connectivity index (χ3n) is 7.73. The van der Waals surface area contributed by atoms with Crippen LogP contribution in [-0.4, -0.2) is 93.4 Å². The molecule has 15 nitrogen and oxygen atoms in total. The lowest BCUT2D eigenvalue weighted by Crippen LogP contribution is -2.44. The van der Waals surface area contributed by atoms with Crippen LogP contribution in [0.2, 0.25) is 0 Å². The van der Waals surface area contributed by atoms with E-state index in [-0.39, 0.29) is 11.6 Å². The molecule has 2 aromatic heterocycles. The Hall–Kier alpha value is -4.13. The number of ether oxygens (including phenoxy) is 2. The van der Waals surface area contributed by atoms with Gasteiger partial charge >= 0.3 is 11.4 Å². The standard InChI is InChI=1S/C18H20FN3O5.C11H16FN3O4/c1-10(23)13-14(24)18(2,19)16(27-13)22-9-8-12(21-17(22)26)20-15(25)11-6-4-3-5-7-11;1-5(16)7-8(17)11(2,12)9(19-7)15-4-3-6(13)14-10(15)18/h3-10,13-14,16,23-24H,1-2H3,(H,20,21,25,26);3-5,7-9,16-17H,1-2H3,(H2,13,14,18)/t10?,13-,14-,16-,18-;5?,7-,8-,9-,11-/m11/s1. The number of aliphatic hydroxyl groups excluding tert-OH is 4. The van der Waals surface area contributed by atoms with Crippen molar-refractivity contribution in [1.29, 1.82) is 0 Å². The van der Waals surface area contributed by atoms with E-state index in [4.69, 9.17) is 15.2 Å². The van der Waals surface area contributed by atoms with Crippen molar-refractivity contribution in [3.63, 3.8) is 0 Å². The van der Waals surface area contributed by atoms with Gasteiger partial charge in [0.1, 0.15) is 36.1 Å². The van der Waals surface area contributed by atoms with Crippen LogP contribution in [0.1, 0.15) is 50.5 Å². The lowest BCUT2D eigenvalue weighted by Gasteiger charge is -2.25. The van der Waals surface area contributed by atoms with Gasteiger partial charge in [0.05, 0.1) is 12.2 Å². The van der Waals surface area contributed by atoms with E-state index in [0.29, 0.717) is 5.56 Å². The molecule has 46 heavy (non-hydrogen) atoms. The number of hydrogen-bond acceptors (Lipinski definition) is 12. The van der Waals surface area contributed by atoms with Crippen LogP contribution < -0.4 is 22.4 Å². The van der Waals surface area contributed by atoms with Crippen molar-refractivity contribution in [2.45, 2.75) is 88.1 Å². The van der Waals surface area contributed by atoms with Crippen LogP contribution in [0.3, 0.4) is 0 Å². The number of halogens is 2. The molecule has 1 aromatic carbocycles. The van der Waals surface area contributed by atoms with Gasteiger partial charge < -0.3 is 41.0 Å². The van der Waals surface area contributed by atoms with Crippen molar-refractivity contribution in [3.8, 4) is 0 Å². The fraction of sp³-hybridized carbons (Fsp3) is 0.483. The van der Waals surface area contributed by atoms with Crippen molar-refractivity contribution in [3.05, 3.63) is 81.4 Å². The summed E-state index contributed by atoms with van der Waals surface area (Å²) in [4.78, 5) is 43.3. The van der Waals surface area contributed by atoms with Gasteiger partial charge in [-0.1, -0.05) is 18.2 Å². The van der Waals surface area contributed by atoms with E-state index in [0.717, 1.165) is 23.0 Å². The number of hydrogen-bond donors (Lipinski definition) is 6. The quantitative estimate of drug-likeness (QED) is 0.208. The summed E-state index contributed by atoms with van der Waals surface area (Å²) in [7, 11) is 0. The molecule has 2 aliphatic rings. The molecule has 4 heterocycles. The molecule has 10 atom stereocenters. The van der Waals surface area contributed by atoms with Crippen LogP contribution in [0, 0.1) is 0 Å². The number of aromatic nitrogens is 4. The fourth-order valence-corrected chi connectivity index (χ4v) is 5.12. The summed E-state index contributed by atoms with van der Waals surface area (Å²) in [5.74, 6) is -0.444. The molecule has 0 aliphatic carbocycles. The Morgan fingerprint density at radius 1 is 0.870 bits per heavy atom. The summed E-state index contributed by atoms with van der Waals surface area (Å²) in [5, 5.41) is 41.5. The summed E-state index contributed by atoms with van der Waals surface area (Å²) in [6.07, 6.45) is -8.07. The molecule has 0 spiro atoms. The van der Waals surface area contributed by atoms with Gasteiger partial charge in [-0.2, -0.15) is 9.97 Å². The molecular formula is C29H36F2N6O9. The third-order valence-corrected chi connectivity index (χ3v) is 7.73. The van der Waals surface area contributed by atoms with Crippen molar-refractivity contribution in [2.24, 2.45) is 0 Å². The predicted molar refractivity (Wildman–Crippen MR) is 158 cm³/mol. The number of anilines is 2. The molecule has 2 saturated heterocycles. The predicted octanol–water partition coefficient (Wildman–Crippen LogP) is 0.0557. The highest BCUT2D eigenvalue weighted by Crippen LogP contribution is 2.42. The highest BCUT2D eigenvalue weighted by Gasteiger charge is 2.57. The number of rotatable bonds is 6. The highest BCUT2D eigenvalue weighted by molar-refractivity contribution is 6.03. The molecule has 3 aromatic rings. The SMILES string of the molecule is CC(O)[C@H]1O[C@@H](n2ccc(N)nc2=O)[C@](C)(F)[C@@H]1O.CC(O)[C@H]1O[C@@H](n2ccc(NC(=O)c3ccccc3)nc2=O)[C@](C)(F)[C@@H]1O. The molecule has 0 saturated carbocycles. The largest absolute Gasteiger partial charge is 0.391 e. The average molecular weight is 651 g/mol. The second-order valence-corrected chi connectivity index (χ2v) is 11.4. The van der Waals surface area contributed by atoms with Gasteiger partial charge in [-0.15, -0.1) is 0 Å². The summed E-state index contributed by atoms with van der Waals surface area (Å²) >= 11 is 0. The van der Waals surface area contributed by atoms with Gasteiger partial charge in [0, 0.05) is 18.0 Å². The third kappa shape index (κ3) is 6.84. The Labute approximate surface area is 260 Å². The molecule has 2 aliphatic heterocycles. The van der Waals surface area contributed by atoms with Gasteiger partial charge in [-0.3, -0.25) is 13.9 Å². The monoisotopic (exact) mass is 650 g/mol. The van der Waals surface area contributed by atoms with Gasteiger partial charge in [0.15, 0.2) is 23.8 Å². The van der Waals surface area contributed by atoms with E-state index in [1.165, 1.54) is 38.4 Å². The second-order valence-electron chi connectivity index (χ2n) is 11.4. The number of nitrogens with zero attached hydrogens (tertiary/aromatic N) is 4. The molecule has 250 valence electrons. The minimum atomic E-state index is -2.32. The van der Waals surface area contributed by atoms with E-state index in [9.17, 15) is 43.6 Å². The van der Waals surface area contributed by atoms with Gasteiger partial charge in [0.2, 0.25) is 0 Å². The zero-order valence-electron chi connectivity index (χ0n) is 25.3. The first kappa shape index (κ1) is 34.7. The lowest BCUT2D eigenvalue weighted by molar-refractivity contribution is -0.0825. The number of nitrogens with one attached hydrogen (secondary N) is 1. The average Bonchev–Trinajstić information content (AvgIpc) is 3.37. The molecule has 0 radical (unpaired) electrons. The maximum absolute atomic E-state index is 14.9. The summed E-state index contributed by atoms with van der Waals surface area (Å²) < 4.78 is 41.9. The van der Waals surface area contributed by atoms with Crippen molar-refractivity contribution >= 4 is 17.5 Å². The lowest BCUT2D eigenvalue weighted by atomic mass is 9.96. The minimum Gasteiger partial charge on any atom is -0.391 e. The van der Waals surface area contributed by atoms with Crippen LogP contribution >= 0.6 is 0 Å². The van der Waals surface area contributed by atoms with Crippen LogP contribution in [-0.2, 0) is 9.47 Å². The summed E-state index contributed by atoms with van der Waals surface area (Å²) in [6.45, 7) is 4.92. The highest BCUT2D eigenvalue weighted by atomic mass is 19.1. The number of aliphatic hydroxyl groups is 4. The number of amides is 1. The number of alkyl halides is 2. The number of benzene rings is 1. The Morgan fingerprint density at radius 2 is 1.33 bits per heavy atom. The smallest absolute Gasteiger partial charge is 0.351 e. The molecule has 0 bridgehead atoms. The Kier molecular flexibility index (Phi) is 10.0. The van der Waals surface area contributed by atoms with E-state index in [1.54, 1.807) is 30.3 Å². The molecule has 1 amide bonds. The number of nitrogens with two attached hydrogens (primary N) is 1. The molecule has 17 heteroatoms. The Morgan fingerprint density at radius 3 is 1.74 bits per heavy atom. The zero-order chi connectivity index (χ0) is 34.1. The number of carbonyl (C=O) groups is 1. The van der Waals surface area contributed by atoms with Crippen molar-refractivity contribution < 1.29 is 43.5 Å². The molecule has 2 fully saturated rings. The Bertz CT molecular complexity index is 1650. The van der Waals surface area contributed by atoms with E-state index in [2.05, 4.69) is 15.3 Å². The first-order valence-corrected chi connectivity index (χ1v) is 14.2. The van der Waals surface area contributed by atoms with Crippen molar-refractivity contribution in [1.82, 2.24) is 19.1 Å². The molecule has 2 unspecified atom stereocenters. The van der Waals surface area contributed by atoms with Crippen LogP contribution in [0.15, 0.2) is 64.4 Å². The van der Waals surface area contributed by atoms with Crippen molar-refractivity contribution in [2.75, 3.05) is 11.1 Å². The molecular weight excluding hydrogens is 614 g/mol. The van der Waals surface area contributed by atoms with Crippen LogP contribution in [0.4, 0.5) is 20.4 Å². The summed E-state index contributed by atoms with van der Waals surface area (Å²) in [5.41, 5.74) is -0.464. The zero-order valence-corrected chi connectivity index (χ0v) is 25.3. The van der Waals surface area contributed by atoms with E-state index < -0.39 is 77.7 Å². The summed E-state index contributed by atoms with van der Waals surface area (Å²) in [6, 6.07) is 11.0. The van der Waals surface area contributed by atoms with Crippen LogP contribution in [0.5, 0.6) is 0 Å².